The molecule has 0 aliphatic carbocycles. The summed E-state index contributed by atoms with van der Waals surface area (Å²) in [5, 5.41) is 8.44. The molecule has 0 saturated carbocycles. The lowest BCUT2D eigenvalue weighted by atomic mass is 10.1. The Bertz CT molecular complexity index is 352. The molecule has 0 unspecified atom stereocenters. The quantitative estimate of drug-likeness (QED) is 0.704. The fraction of sp³-hybridized carbons (Fsp3) is 0.308. The van der Waals surface area contributed by atoms with Crippen molar-refractivity contribution >= 4 is 6.08 Å². The second-order valence-corrected chi connectivity index (χ2v) is 3.56. The summed E-state index contributed by atoms with van der Waals surface area (Å²) < 4.78 is 0. The fourth-order valence-electron chi connectivity index (χ4n) is 1.27. The lowest BCUT2D eigenvalue weighted by Crippen LogP contribution is -1.78. The zero-order valence-corrected chi connectivity index (χ0v) is 8.75. The number of aryl methyl sites for hydroxylation is 1. The molecule has 0 N–H and O–H groups in total. The smallest absolute Gasteiger partial charge is 0.0625 e. The molecule has 1 aromatic carbocycles. The van der Waals surface area contributed by atoms with E-state index in [0.29, 0.717) is 6.42 Å². The second kappa shape index (κ2) is 5.24. The second-order valence-electron chi connectivity index (χ2n) is 3.56. The van der Waals surface area contributed by atoms with E-state index in [4.69, 9.17) is 5.26 Å². The Morgan fingerprint density at radius 2 is 2.00 bits per heavy atom. The highest BCUT2D eigenvalue weighted by atomic mass is 14.2. The van der Waals surface area contributed by atoms with Crippen molar-refractivity contribution in [3.63, 3.8) is 0 Å². The Morgan fingerprint density at radius 3 is 2.57 bits per heavy atom. The summed E-state index contributed by atoms with van der Waals surface area (Å²) in [6, 6.07) is 10.6. The van der Waals surface area contributed by atoms with Gasteiger partial charge in [-0.3, -0.25) is 0 Å². The van der Waals surface area contributed by atoms with Gasteiger partial charge in [0.15, 0.2) is 0 Å². The SMILES string of the molecule is CC(=Cc1ccc(C)cc1)CCC#N. The Balaban J connectivity index is 2.67. The van der Waals surface area contributed by atoms with E-state index in [1.54, 1.807) is 0 Å². The van der Waals surface area contributed by atoms with Crippen molar-refractivity contribution in [2.45, 2.75) is 26.7 Å². The van der Waals surface area contributed by atoms with Crippen LogP contribution in [-0.4, -0.2) is 0 Å². The fourth-order valence-corrected chi connectivity index (χ4v) is 1.27. The standard InChI is InChI=1S/C13H15N/c1-11-5-7-13(8-6-11)10-12(2)4-3-9-14/h5-8,10H,3-4H2,1-2H3. The summed E-state index contributed by atoms with van der Waals surface area (Å²) in [5.41, 5.74) is 3.75. The molecular weight excluding hydrogens is 170 g/mol. The molecule has 0 radical (unpaired) electrons. The molecule has 0 bridgehead atoms. The number of rotatable bonds is 3. The Morgan fingerprint density at radius 1 is 1.36 bits per heavy atom. The molecule has 1 rings (SSSR count). The molecule has 1 aromatic rings. The molecule has 0 aliphatic heterocycles. The third-order valence-electron chi connectivity index (χ3n) is 2.12. The van der Waals surface area contributed by atoms with Gasteiger partial charge in [0.1, 0.15) is 0 Å². The van der Waals surface area contributed by atoms with Crippen LogP contribution >= 0.6 is 0 Å². The molecule has 0 saturated heterocycles. The van der Waals surface area contributed by atoms with Gasteiger partial charge >= 0.3 is 0 Å². The lowest BCUT2D eigenvalue weighted by molar-refractivity contribution is 0.996. The van der Waals surface area contributed by atoms with Crippen molar-refractivity contribution in [1.82, 2.24) is 0 Å². The van der Waals surface area contributed by atoms with Gasteiger partial charge in [0.25, 0.3) is 0 Å². The van der Waals surface area contributed by atoms with Crippen molar-refractivity contribution in [3.8, 4) is 6.07 Å². The van der Waals surface area contributed by atoms with Crippen LogP contribution < -0.4 is 0 Å². The topological polar surface area (TPSA) is 23.8 Å². The normalized spacial score (nSPS) is 11.1. The summed E-state index contributed by atoms with van der Waals surface area (Å²) in [4.78, 5) is 0. The van der Waals surface area contributed by atoms with Gasteiger partial charge in [-0.15, -0.1) is 0 Å². The van der Waals surface area contributed by atoms with Crippen LogP contribution in [0, 0.1) is 18.3 Å². The molecule has 0 amide bonds. The molecule has 72 valence electrons. The highest BCUT2D eigenvalue weighted by Gasteiger charge is 1.91. The predicted molar refractivity (Wildman–Crippen MR) is 59.7 cm³/mol. The van der Waals surface area contributed by atoms with E-state index in [-0.39, 0.29) is 0 Å². The first-order chi connectivity index (χ1) is 6.72. The van der Waals surface area contributed by atoms with Crippen LogP contribution in [0.3, 0.4) is 0 Å². The minimum atomic E-state index is 0.605. The van der Waals surface area contributed by atoms with Crippen molar-refractivity contribution in [3.05, 3.63) is 41.0 Å². The van der Waals surface area contributed by atoms with Gasteiger partial charge in [-0.1, -0.05) is 41.5 Å². The Hall–Kier alpha value is -1.55. The van der Waals surface area contributed by atoms with E-state index in [0.717, 1.165) is 6.42 Å². The average Bonchev–Trinajstić information content (AvgIpc) is 2.18. The maximum absolute atomic E-state index is 8.44. The Kier molecular flexibility index (Phi) is 3.94. The van der Waals surface area contributed by atoms with E-state index in [9.17, 15) is 0 Å². The zero-order valence-electron chi connectivity index (χ0n) is 8.75. The van der Waals surface area contributed by atoms with Gasteiger partial charge < -0.3 is 0 Å². The number of benzene rings is 1. The van der Waals surface area contributed by atoms with Crippen LogP contribution in [0.25, 0.3) is 6.08 Å². The van der Waals surface area contributed by atoms with Gasteiger partial charge in [-0.25, -0.2) is 0 Å². The number of nitrogens with zero attached hydrogens (tertiary/aromatic N) is 1. The predicted octanol–water partition coefficient (Wildman–Crippen LogP) is 3.70. The monoisotopic (exact) mass is 185 g/mol. The van der Waals surface area contributed by atoms with Gasteiger partial charge in [0.2, 0.25) is 0 Å². The molecule has 0 spiro atoms. The van der Waals surface area contributed by atoms with Crippen molar-refractivity contribution in [2.24, 2.45) is 0 Å². The van der Waals surface area contributed by atoms with Crippen molar-refractivity contribution < 1.29 is 0 Å². The van der Waals surface area contributed by atoms with Gasteiger partial charge in [0, 0.05) is 6.42 Å². The van der Waals surface area contributed by atoms with E-state index >= 15 is 0 Å². The van der Waals surface area contributed by atoms with Crippen LogP contribution in [-0.2, 0) is 0 Å². The van der Waals surface area contributed by atoms with Crippen LogP contribution in [0.4, 0.5) is 0 Å². The van der Waals surface area contributed by atoms with Crippen LogP contribution in [0.15, 0.2) is 29.8 Å². The first kappa shape index (κ1) is 10.5. The number of nitriles is 1. The maximum Gasteiger partial charge on any atom is 0.0625 e. The number of hydrogen-bond acceptors (Lipinski definition) is 1. The third-order valence-corrected chi connectivity index (χ3v) is 2.12. The van der Waals surface area contributed by atoms with E-state index < -0.39 is 0 Å². The van der Waals surface area contributed by atoms with Crippen LogP contribution in [0.2, 0.25) is 0 Å². The van der Waals surface area contributed by atoms with E-state index in [1.165, 1.54) is 16.7 Å². The molecule has 0 aromatic heterocycles. The molecule has 1 nitrogen and oxygen atoms in total. The van der Waals surface area contributed by atoms with Crippen LogP contribution in [0.1, 0.15) is 30.9 Å². The third kappa shape index (κ3) is 3.45. The summed E-state index contributed by atoms with van der Waals surface area (Å²) in [6.07, 6.45) is 3.61. The lowest BCUT2D eigenvalue weighted by Gasteiger charge is -1.98. The van der Waals surface area contributed by atoms with Gasteiger partial charge in [-0.05, 0) is 25.8 Å². The minimum Gasteiger partial charge on any atom is -0.198 e. The van der Waals surface area contributed by atoms with E-state index in [2.05, 4.69) is 50.3 Å². The molecule has 1 heteroatoms. The highest BCUT2D eigenvalue weighted by Crippen LogP contribution is 2.11. The van der Waals surface area contributed by atoms with E-state index in [1.807, 2.05) is 0 Å². The molecule has 14 heavy (non-hydrogen) atoms. The average molecular weight is 185 g/mol. The van der Waals surface area contributed by atoms with Crippen molar-refractivity contribution in [1.29, 1.82) is 5.26 Å². The zero-order chi connectivity index (χ0) is 10.4. The Labute approximate surface area is 85.7 Å². The molecular formula is C13H15N. The largest absolute Gasteiger partial charge is 0.198 e. The first-order valence-electron chi connectivity index (χ1n) is 4.83. The molecule has 0 fully saturated rings. The highest BCUT2D eigenvalue weighted by molar-refractivity contribution is 5.52. The molecule has 0 atom stereocenters. The number of allylic oxidation sites excluding steroid dienone is 1. The minimum absolute atomic E-state index is 0.605. The summed E-state index contributed by atoms with van der Waals surface area (Å²) in [5.74, 6) is 0. The van der Waals surface area contributed by atoms with Crippen LogP contribution in [0.5, 0.6) is 0 Å². The summed E-state index contributed by atoms with van der Waals surface area (Å²) in [6.45, 7) is 4.15. The molecule has 0 heterocycles. The summed E-state index contributed by atoms with van der Waals surface area (Å²) >= 11 is 0. The molecule has 0 aliphatic rings. The van der Waals surface area contributed by atoms with Gasteiger partial charge in [-0.2, -0.15) is 5.26 Å². The summed E-state index contributed by atoms with van der Waals surface area (Å²) in [7, 11) is 0. The van der Waals surface area contributed by atoms with Gasteiger partial charge in [0.05, 0.1) is 6.07 Å². The number of hydrogen-bond donors (Lipinski definition) is 0. The maximum atomic E-state index is 8.44. The first-order valence-corrected chi connectivity index (χ1v) is 4.83. The van der Waals surface area contributed by atoms with Crippen molar-refractivity contribution in [2.75, 3.05) is 0 Å².